The van der Waals surface area contributed by atoms with Gasteiger partial charge in [0, 0.05) is 24.6 Å². The first-order valence-corrected chi connectivity index (χ1v) is 7.89. The molecule has 1 aliphatic rings. The van der Waals surface area contributed by atoms with E-state index in [2.05, 4.69) is 0 Å². The number of carbonyl (C=O) groups is 1. The second-order valence-electron chi connectivity index (χ2n) is 6.13. The molecular formula is C17H24FNO4. The number of β-amino-alcohol motifs (C(OH)–C–C–N with tert-alkyl or cyclic N) is 1. The molecule has 0 radical (unpaired) electrons. The number of amides is 1. The summed E-state index contributed by atoms with van der Waals surface area (Å²) in [5.74, 6) is -0.597. The van der Waals surface area contributed by atoms with Crippen LogP contribution in [0.5, 0.6) is 5.75 Å². The Kier molecular flexibility index (Phi) is 5.59. The minimum absolute atomic E-state index is 0.0933. The molecule has 2 rings (SSSR count). The van der Waals surface area contributed by atoms with Crippen LogP contribution in [-0.4, -0.2) is 53.9 Å². The molecule has 23 heavy (non-hydrogen) atoms. The second kappa shape index (κ2) is 7.27. The predicted octanol–water partition coefficient (Wildman–Crippen LogP) is 1.82. The van der Waals surface area contributed by atoms with Gasteiger partial charge in [-0.15, -0.1) is 0 Å². The van der Waals surface area contributed by atoms with Gasteiger partial charge in [-0.25, -0.2) is 4.39 Å². The number of hydrogen-bond acceptors (Lipinski definition) is 4. The van der Waals surface area contributed by atoms with Crippen molar-refractivity contribution in [2.75, 3.05) is 26.8 Å². The fraction of sp³-hybridized carbons (Fsp3) is 0.588. The number of likely N-dealkylation sites (tertiary alicyclic amines) is 1. The first-order valence-electron chi connectivity index (χ1n) is 7.89. The summed E-state index contributed by atoms with van der Waals surface area (Å²) in [4.78, 5) is 14.2. The van der Waals surface area contributed by atoms with E-state index in [1.165, 1.54) is 30.2 Å². The average molecular weight is 325 g/mol. The number of methoxy groups -OCH3 is 1. The smallest absolute Gasteiger partial charge is 0.257 e. The van der Waals surface area contributed by atoms with E-state index in [4.69, 9.17) is 4.74 Å². The molecule has 0 bridgehead atoms. The van der Waals surface area contributed by atoms with Crippen molar-refractivity contribution in [3.8, 4) is 5.75 Å². The van der Waals surface area contributed by atoms with Gasteiger partial charge >= 0.3 is 0 Å². The number of nitrogens with zero attached hydrogens (tertiary/aromatic N) is 1. The van der Waals surface area contributed by atoms with E-state index in [0.29, 0.717) is 19.4 Å². The van der Waals surface area contributed by atoms with Gasteiger partial charge in [0.25, 0.3) is 5.91 Å². The average Bonchev–Trinajstić information content (AvgIpc) is 2.56. The van der Waals surface area contributed by atoms with Crippen molar-refractivity contribution in [3.05, 3.63) is 29.6 Å². The van der Waals surface area contributed by atoms with Gasteiger partial charge in [-0.3, -0.25) is 4.79 Å². The Bertz CT molecular complexity index is 566. The standard InChI is InChI=1S/C17H24FNO4/c1-3-6-17(11-20)7-8-19(10-15(17)21)16(22)13-5-4-12(18)9-14(13)23-2/h4-5,9,15,20-21H,3,6-8,10-11H2,1-2H3/t15-,17-/m1/s1. The van der Waals surface area contributed by atoms with E-state index in [1.54, 1.807) is 0 Å². The van der Waals surface area contributed by atoms with Gasteiger partial charge in [0.15, 0.2) is 0 Å². The van der Waals surface area contributed by atoms with E-state index in [9.17, 15) is 19.4 Å². The van der Waals surface area contributed by atoms with E-state index in [0.717, 1.165) is 6.42 Å². The second-order valence-corrected chi connectivity index (χ2v) is 6.13. The number of halogens is 1. The maximum absolute atomic E-state index is 13.3. The van der Waals surface area contributed by atoms with Gasteiger partial charge in [-0.05, 0) is 25.0 Å². The molecule has 0 aromatic heterocycles. The summed E-state index contributed by atoms with van der Waals surface area (Å²) in [6.07, 6.45) is 1.33. The third kappa shape index (κ3) is 3.48. The highest BCUT2D eigenvalue weighted by Crippen LogP contribution is 2.36. The van der Waals surface area contributed by atoms with E-state index >= 15 is 0 Å². The topological polar surface area (TPSA) is 70.0 Å². The van der Waals surface area contributed by atoms with Crippen LogP contribution in [0.2, 0.25) is 0 Å². The summed E-state index contributed by atoms with van der Waals surface area (Å²) in [6.45, 7) is 2.51. The molecule has 1 aromatic rings. The lowest BCUT2D eigenvalue weighted by Crippen LogP contribution is -2.54. The quantitative estimate of drug-likeness (QED) is 0.866. The van der Waals surface area contributed by atoms with Crippen molar-refractivity contribution in [2.24, 2.45) is 5.41 Å². The van der Waals surface area contributed by atoms with E-state index in [1.807, 2.05) is 6.92 Å². The van der Waals surface area contributed by atoms with Gasteiger partial charge in [-0.1, -0.05) is 13.3 Å². The van der Waals surface area contributed by atoms with Crippen molar-refractivity contribution < 1.29 is 24.1 Å². The SMILES string of the molecule is CCC[C@]1(CO)CCN(C(=O)c2ccc(F)cc2OC)C[C@H]1O. The summed E-state index contributed by atoms with van der Waals surface area (Å²) >= 11 is 0. The molecule has 2 N–H and O–H groups in total. The Hall–Kier alpha value is -1.66. The van der Waals surface area contributed by atoms with Crippen molar-refractivity contribution in [1.82, 2.24) is 4.90 Å². The molecule has 6 heteroatoms. The van der Waals surface area contributed by atoms with Gasteiger partial charge in [0.1, 0.15) is 11.6 Å². The Labute approximate surface area is 135 Å². The molecule has 0 unspecified atom stereocenters. The van der Waals surface area contributed by atoms with E-state index < -0.39 is 17.3 Å². The van der Waals surface area contributed by atoms with Gasteiger partial charge < -0.3 is 19.8 Å². The molecule has 1 heterocycles. The van der Waals surface area contributed by atoms with Crippen LogP contribution in [0.1, 0.15) is 36.5 Å². The Balaban J connectivity index is 2.17. The molecule has 0 spiro atoms. The van der Waals surface area contributed by atoms with Crippen LogP contribution in [0.25, 0.3) is 0 Å². The molecule has 2 atom stereocenters. The third-order valence-corrected chi connectivity index (χ3v) is 4.72. The molecule has 1 saturated heterocycles. The minimum atomic E-state index is -0.781. The van der Waals surface area contributed by atoms with Crippen LogP contribution < -0.4 is 4.74 Å². The zero-order chi connectivity index (χ0) is 17.0. The molecule has 128 valence electrons. The van der Waals surface area contributed by atoms with Crippen LogP contribution >= 0.6 is 0 Å². The first kappa shape index (κ1) is 17.7. The summed E-state index contributed by atoms with van der Waals surface area (Å²) < 4.78 is 18.3. The van der Waals surface area contributed by atoms with E-state index in [-0.39, 0.29) is 30.4 Å². The molecule has 1 aromatic carbocycles. The van der Waals surface area contributed by atoms with Gasteiger partial charge in [0.2, 0.25) is 0 Å². The van der Waals surface area contributed by atoms with Gasteiger partial charge in [0.05, 0.1) is 25.4 Å². The number of benzene rings is 1. The number of piperidine rings is 1. The summed E-state index contributed by atoms with van der Waals surface area (Å²) in [5.41, 5.74) is -0.272. The minimum Gasteiger partial charge on any atom is -0.496 e. The fourth-order valence-corrected chi connectivity index (χ4v) is 3.27. The van der Waals surface area contributed by atoms with Crippen LogP contribution in [0, 0.1) is 11.2 Å². The third-order valence-electron chi connectivity index (χ3n) is 4.72. The number of ether oxygens (including phenoxy) is 1. The number of hydrogen-bond donors (Lipinski definition) is 2. The largest absolute Gasteiger partial charge is 0.496 e. The number of aliphatic hydroxyl groups excluding tert-OH is 2. The first-order chi connectivity index (χ1) is 11.0. The maximum Gasteiger partial charge on any atom is 0.257 e. The lowest BCUT2D eigenvalue weighted by atomic mass is 9.73. The lowest BCUT2D eigenvalue weighted by Gasteiger charge is -2.44. The maximum atomic E-state index is 13.3. The number of aliphatic hydroxyl groups is 2. The Morgan fingerprint density at radius 3 is 2.83 bits per heavy atom. The van der Waals surface area contributed by atoms with Crippen molar-refractivity contribution in [2.45, 2.75) is 32.3 Å². The van der Waals surface area contributed by atoms with Crippen LogP contribution in [0.15, 0.2) is 18.2 Å². The highest BCUT2D eigenvalue weighted by Gasteiger charge is 2.42. The lowest BCUT2D eigenvalue weighted by molar-refractivity contribution is -0.0713. The van der Waals surface area contributed by atoms with Gasteiger partial charge in [-0.2, -0.15) is 0 Å². The molecular weight excluding hydrogens is 301 g/mol. The van der Waals surface area contributed by atoms with Crippen LogP contribution in [0.3, 0.4) is 0 Å². The molecule has 1 aliphatic heterocycles. The summed E-state index contributed by atoms with van der Waals surface area (Å²) in [6, 6.07) is 3.77. The fourth-order valence-electron chi connectivity index (χ4n) is 3.27. The normalized spacial score (nSPS) is 24.6. The number of rotatable bonds is 5. The van der Waals surface area contributed by atoms with Crippen LogP contribution in [0.4, 0.5) is 4.39 Å². The monoisotopic (exact) mass is 325 g/mol. The summed E-state index contributed by atoms with van der Waals surface area (Å²) in [5, 5.41) is 20.1. The molecule has 0 saturated carbocycles. The zero-order valence-electron chi connectivity index (χ0n) is 13.6. The highest BCUT2D eigenvalue weighted by molar-refractivity contribution is 5.97. The Morgan fingerprint density at radius 1 is 1.52 bits per heavy atom. The zero-order valence-corrected chi connectivity index (χ0v) is 13.6. The predicted molar refractivity (Wildman–Crippen MR) is 83.9 cm³/mol. The van der Waals surface area contributed by atoms with Crippen LogP contribution in [-0.2, 0) is 0 Å². The Morgan fingerprint density at radius 2 is 2.26 bits per heavy atom. The van der Waals surface area contributed by atoms with Crippen molar-refractivity contribution >= 4 is 5.91 Å². The molecule has 1 fully saturated rings. The number of carbonyl (C=O) groups excluding carboxylic acids is 1. The molecule has 5 nitrogen and oxygen atoms in total. The molecule has 1 amide bonds. The van der Waals surface area contributed by atoms with Crippen molar-refractivity contribution in [3.63, 3.8) is 0 Å². The molecule has 0 aliphatic carbocycles. The highest BCUT2D eigenvalue weighted by atomic mass is 19.1. The summed E-state index contributed by atoms with van der Waals surface area (Å²) in [7, 11) is 1.38. The van der Waals surface area contributed by atoms with Crippen molar-refractivity contribution in [1.29, 1.82) is 0 Å².